The average Bonchev–Trinajstić information content (AvgIpc) is 3.17. The van der Waals surface area contributed by atoms with Gasteiger partial charge in [0, 0.05) is 29.4 Å². The van der Waals surface area contributed by atoms with Crippen LogP contribution in [0.25, 0.3) is 10.9 Å². The van der Waals surface area contributed by atoms with Gasteiger partial charge in [0.1, 0.15) is 11.5 Å². The molecule has 0 atom stereocenters. The number of ether oxygens (including phenoxy) is 1. The van der Waals surface area contributed by atoms with Gasteiger partial charge < -0.3 is 10.1 Å². The van der Waals surface area contributed by atoms with Gasteiger partial charge in [0.05, 0.1) is 23.5 Å². The van der Waals surface area contributed by atoms with E-state index < -0.39 is 11.7 Å². The number of aryl methyl sites for hydroxylation is 1. The summed E-state index contributed by atoms with van der Waals surface area (Å²) >= 11 is 0. The smallest absolute Gasteiger partial charge is 0.258 e. The third kappa shape index (κ3) is 4.57. The highest BCUT2D eigenvalue weighted by Gasteiger charge is 2.12. The summed E-state index contributed by atoms with van der Waals surface area (Å²) in [5.41, 5.74) is 2.25. The van der Waals surface area contributed by atoms with Crippen LogP contribution in [0.3, 0.4) is 0 Å². The first-order valence-electron chi connectivity index (χ1n) is 9.22. The van der Waals surface area contributed by atoms with Gasteiger partial charge in [0.25, 0.3) is 5.91 Å². The Morgan fingerprint density at radius 2 is 1.97 bits per heavy atom. The van der Waals surface area contributed by atoms with E-state index in [0.29, 0.717) is 17.2 Å². The second-order valence-electron chi connectivity index (χ2n) is 6.01. The Morgan fingerprint density at radius 3 is 2.76 bits per heavy atom. The lowest BCUT2D eigenvalue weighted by Gasteiger charge is -2.11. The van der Waals surface area contributed by atoms with Crippen LogP contribution < -0.4 is 10.1 Å². The number of aromatic nitrogens is 3. The number of anilines is 1. The predicted molar refractivity (Wildman–Crippen MR) is 111 cm³/mol. The number of carbonyl (C=O) groups excluding carboxylic acids is 1. The van der Waals surface area contributed by atoms with Crippen LogP contribution in [0.4, 0.5) is 10.1 Å². The van der Waals surface area contributed by atoms with Crippen LogP contribution in [0, 0.1) is 12.7 Å². The zero-order valence-corrected chi connectivity index (χ0v) is 16.4. The van der Waals surface area contributed by atoms with Crippen LogP contribution in [0.2, 0.25) is 0 Å². The first-order valence-corrected chi connectivity index (χ1v) is 9.22. The van der Waals surface area contributed by atoms with Crippen molar-refractivity contribution >= 4 is 22.5 Å². The number of halogens is 1. The molecular weight excluding hydrogens is 371 g/mol. The number of carbonyl (C=O) groups is 1. The number of amides is 1. The van der Waals surface area contributed by atoms with Crippen LogP contribution >= 0.6 is 0 Å². The second-order valence-corrected chi connectivity index (χ2v) is 6.01. The molecule has 0 radical (unpaired) electrons. The molecule has 0 saturated carbocycles. The molecule has 0 aliphatic rings. The van der Waals surface area contributed by atoms with Crippen molar-refractivity contribution in [3.8, 4) is 11.5 Å². The molecule has 2 heterocycles. The lowest BCUT2D eigenvalue weighted by molar-refractivity contribution is 0.102. The lowest BCUT2D eigenvalue weighted by atomic mass is 10.1. The Morgan fingerprint density at radius 1 is 1.14 bits per heavy atom. The van der Waals surface area contributed by atoms with E-state index in [1.165, 1.54) is 12.3 Å². The molecule has 2 aromatic heterocycles. The molecule has 0 fully saturated rings. The first kappa shape index (κ1) is 20.0. The van der Waals surface area contributed by atoms with E-state index in [9.17, 15) is 9.18 Å². The Labute approximate surface area is 167 Å². The van der Waals surface area contributed by atoms with Gasteiger partial charge in [-0.1, -0.05) is 19.9 Å². The van der Waals surface area contributed by atoms with Crippen molar-refractivity contribution < 1.29 is 13.9 Å². The van der Waals surface area contributed by atoms with Gasteiger partial charge in [0.2, 0.25) is 0 Å². The van der Waals surface area contributed by atoms with Gasteiger partial charge in [-0.25, -0.2) is 4.39 Å². The van der Waals surface area contributed by atoms with Crippen LogP contribution in [-0.2, 0) is 0 Å². The Bertz CT molecular complexity index is 1140. The predicted octanol–water partition coefficient (Wildman–Crippen LogP) is 5.48. The zero-order chi connectivity index (χ0) is 20.8. The van der Waals surface area contributed by atoms with Crippen molar-refractivity contribution in [3.05, 3.63) is 78.0 Å². The summed E-state index contributed by atoms with van der Waals surface area (Å²) in [6.07, 6.45) is 4.12. The molecule has 2 aromatic carbocycles. The van der Waals surface area contributed by atoms with E-state index in [4.69, 9.17) is 4.74 Å². The molecule has 4 aromatic rings. The van der Waals surface area contributed by atoms with Gasteiger partial charge in [0.15, 0.2) is 5.82 Å². The average molecular weight is 392 g/mol. The highest BCUT2D eigenvalue weighted by molar-refractivity contribution is 6.04. The van der Waals surface area contributed by atoms with E-state index >= 15 is 0 Å². The summed E-state index contributed by atoms with van der Waals surface area (Å²) in [5, 5.41) is 10.6. The summed E-state index contributed by atoms with van der Waals surface area (Å²) in [6.45, 7) is 5.94. The molecule has 29 heavy (non-hydrogen) atoms. The number of nitrogens with zero attached hydrogens (tertiary/aromatic N) is 2. The molecule has 1 amide bonds. The maximum atomic E-state index is 13.7. The molecule has 0 unspecified atom stereocenters. The number of benzene rings is 2. The summed E-state index contributed by atoms with van der Waals surface area (Å²) < 4.78 is 19.7. The van der Waals surface area contributed by atoms with Gasteiger partial charge in [-0.3, -0.25) is 14.9 Å². The number of fused-ring (bicyclic) bond motifs is 1. The Balaban J connectivity index is 0.00000117. The van der Waals surface area contributed by atoms with Crippen LogP contribution in [0.15, 0.2) is 61.1 Å². The Hall–Kier alpha value is -3.74. The number of hydrogen-bond donors (Lipinski definition) is 2. The fourth-order valence-corrected chi connectivity index (χ4v) is 2.72. The topological polar surface area (TPSA) is 79.9 Å². The maximum Gasteiger partial charge on any atom is 0.258 e. The monoisotopic (exact) mass is 392 g/mol. The van der Waals surface area contributed by atoms with Crippen molar-refractivity contribution in [2.75, 3.05) is 5.32 Å². The van der Waals surface area contributed by atoms with Crippen molar-refractivity contribution in [2.45, 2.75) is 20.8 Å². The molecule has 6 nitrogen and oxygen atoms in total. The molecule has 0 saturated heterocycles. The molecule has 148 valence electrons. The third-order valence-corrected chi connectivity index (χ3v) is 4.07. The molecular formula is C22H21FN4O2. The number of nitrogens with one attached hydrogen (secondary N) is 2. The minimum atomic E-state index is -0.675. The number of hydrogen-bond acceptors (Lipinski definition) is 4. The fourth-order valence-electron chi connectivity index (χ4n) is 2.72. The van der Waals surface area contributed by atoms with Crippen molar-refractivity contribution in [2.24, 2.45) is 0 Å². The normalized spacial score (nSPS) is 10.2. The van der Waals surface area contributed by atoms with E-state index in [1.54, 1.807) is 30.5 Å². The summed E-state index contributed by atoms with van der Waals surface area (Å²) in [5.74, 6) is -0.00614. The second kappa shape index (κ2) is 8.97. The van der Waals surface area contributed by atoms with Gasteiger partial charge >= 0.3 is 0 Å². The van der Waals surface area contributed by atoms with E-state index in [1.807, 2.05) is 32.9 Å². The summed E-state index contributed by atoms with van der Waals surface area (Å²) in [7, 11) is 0. The molecule has 0 bridgehead atoms. The molecule has 4 rings (SSSR count). The highest BCUT2D eigenvalue weighted by atomic mass is 19.1. The van der Waals surface area contributed by atoms with Crippen molar-refractivity contribution in [1.82, 2.24) is 15.2 Å². The molecule has 7 heteroatoms. The summed E-state index contributed by atoms with van der Waals surface area (Å²) in [4.78, 5) is 15.9. The number of aromatic amines is 1. The first-order chi connectivity index (χ1) is 14.1. The largest absolute Gasteiger partial charge is 0.457 e. The summed E-state index contributed by atoms with van der Waals surface area (Å²) in [6, 6.07) is 12.1. The van der Waals surface area contributed by atoms with E-state index in [0.717, 1.165) is 22.7 Å². The van der Waals surface area contributed by atoms with E-state index in [2.05, 4.69) is 20.5 Å². The fraction of sp³-hybridized carbons (Fsp3) is 0.136. The third-order valence-electron chi connectivity index (χ3n) is 4.07. The number of pyridine rings is 1. The van der Waals surface area contributed by atoms with Gasteiger partial charge in [-0.05, 0) is 36.8 Å². The molecule has 2 N–H and O–H groups in total. The standard InChI is InChI=1S/C20H15FN4O2.C2H6/c1-12-7-13-10-23-25-18(13)9-19(12)27-15-4-2-3-14(8-15)24-20(26)16-5-6-22-11-17(16)21;1-2/h2-11H,1H3,(H,23,25)(H,24,26);1-2H3. The quantitative estimate of drug-likeness (QED) is 0.482. The lowest BCUT2D eigenvalue weighted by Crippen LogP contribution is -2.13. The minimum Gasteiger partial charge on any atom is -0.457 e. The Kier molecular flexibility index (Phi) is 6.19. The number of rotatable bonds is 4. The maximum absolute atomic E-state index is 13.7. The van der Waals surface area contributed by atoms with Gasteiger partial charge in [-0.2, -0.15) is 5.10 Å². The SMILES string of the molecule is CC.Cc1cc2cn[nH]c2cc1Oc1cccc(NC(=O)c2ccncc2F)c1. The molecule has 0 spiro atoms. The number of H-pyrrole nitrogens is 1. The van der Waals surface area contributed by atoms with Crippen molar-refractivity contribution in [3.63, 3.8) is 0 Å². The van der Waals surface area contributed by atoms with Crippen LogP contribution in [-0.4, -0.2) is 21.1 Å². The zero-order valence-electron chi connectivity index (χ0n) is 16.4. The highest BCUT2D eigenvalue weighted by Crippen LogP contribution is 2.30. The minimum absolute atomic E-state index is 0.0723. The van der Waals surface area contributed by atoms with Gasteiger partial charge in [-0.15, -0.1) is 0 Å². The molecule has 0 aliphatic heterocycles. The van der Waals surface area contributed by atoms with Crippen LogP contribution in [0.1, 0.15) is 29.8 Å². The van der Waals surface area contributed by atoms with E-state index in [-0.39, 0.29) is 5.56 Å². The molecule has 0 aliphatic carbocycles. The van der Waals surface area contributed by atoms with Crippen molar-refractivity contribution in [1.29, 1.82) is 0 Å². The van der Waals surface area contributed by atoms with Crippen LogP contribution in [0.5, 0.6) is 11.5 Å².